The Kier molecular flexibility index (Phi) is 3.42. The van der Waals surface area contributed by atoms with E-state index in [1.165, 1.54) is 6.92 Å². The molecule has 0 bridgehead atoms. The first-order valence-corrected chi connectivity index (χ1v) is 5.77. The SMILES string of the molecule is CC(=O)NC1CCN(c2ccccc2C=O)C1. The molecule has 2 rings (SSSR count). The van der Waals surface area contributed by atoms with Crippen molar-refractivity contribution in [3.8, 4) is 0 Å². The van der Waals surface area contributed by atoms with Gasteiger partial charge in [0.25, 0.3) is 0 Å². The lowest BCUT2D eigenvalue weighted by Crippen LogP contribution is -2.35. The zero-order chi connectivity index (χ0) is 12.3. The molecule has 1 saturated heterocycles. The van der Waals surface area contributed by atoms with Crippen LogP contribution < -0.4 is 10.2 Å². The zero-order valence-corrected chi connectivity index (χ0v) is 9.85. The molecule has 1 N–H and O–H groups in total. The number of rotatable bonds is 3. The summed E-state index contributed by atoms with van der Waals surface area (Å²) in [6.07, 6.45) is 1.80. The first kappa shape index (κ1) is 11.6. The number of benzene rings is 1. The summed E-state index contributed by atoms with van der Waals surface area (Å²) < 4.78 is 0. The summed E-state index contributed by atoms with van der Waals surface area (Å²) in [6, 6.07) is 7.73. The van der Waals surface area contributed by atoms with Gasteiger partial charge in [-0.05, 0) is 18.6 Å². The van der Waals surface area contributed by atoms with Gasteiger partial charge in [-0.3, -0.25) is 9.59 Å². The van der Waals surface area contributed by atoms with Crippen LogP contribution in [-0.4, -0.2) is 31.3 Å². The minimum atomic E-state index is 0.000484. The van der Waals surface area contributed by atoms with Gasteiger partial charge < -0.3 is 10.2 Å². The first-order chi connectivity index (χ1) is 8.20. The number of nitrogens with zero attached hydrogens (tertiary/aromatic N) is 1. The van der Waals surface area contributed by atoms with Gasteiger partial charge in [-0.25, -0.2) is 0 Å². The van der Waals surface area contributed by atoms with Gasteiger partial charge in [0.1, 0.15) is 0 Å². The van der Waals surface area contributed by atoms with E-state index in [4.69, 9.17) is 0 Å². The van der Waals surface area contributed by atoms with Crippen molar-refractivity contribution in [1.82, 2.24) is 5.32 Å². The number of anilines is 1. The highest BCUT2D eigenvalue weighted by molar-refractivity contribution is 5.84. The molecule has 1 aliphatic heterocycles. The van der Waals surface area contributed by atoms with Gasteiger partial charge in [0.15, 0.2) is 6.29 Å². The smallest absolute Gasteiger partial charge is 0.217 e. The molecular weight excluding hydrogens is 216 g/mol. The summed E-state index contributed by atoms with van der Waals surface area (Å²) in [5, 5.41) is 2.91. The molecule has 0 saturated carbocycles. The fourth-order valence-corrected chi connectivity index (χ4v) is 2.26. The van der Waals surface area contributed by atoms with Gasteiger partial charge in [-0.2, -0.15) is 0 Å². The van der Waals surface area contributed by atoms with E-state index < -0.39 is 0 Å². The standard InChI is InChI=1S/C13H16N2O2/c1-10(17)14-12-6-7-15(8-12)13-5-3-2-4-11(13)9-16/h2-5,9,12H,6-8H2,1H3,(H,14,17). The third-order valence-corrected chi connectivity index (χ3v) is 3.00. The van der Waals surface area contributed by atoms with Crippen LogP contribution in [-0.2, 0) is 4.79 Å². The van der Waals surface area contributed by atoms with Crippen LogP contribution in [0.4, 0.5) is 5.69 Å². The molecule has 1 fully saturated rings. The topological polar surface area (TPSA) is 49.4 Å². The predicted octanol–water partition coefficient (Wildman–Crippen LogP) is 1.21. The molecule has 1 amide bonds. The normalized spacial score (nSPS) is 19.1. The number of hydrogen-bond acceptors (Lipinski definition) is 3. The molecule has 0 aliphatic carbocycles. The van der Waals surface area contributed by atoms with E-state index in [1.54, 1.807) is 0 Å². The molecule has 4 heteroatoms. The highest BCUT2D eigenvalue weighted by Crippen LogP contribution is 2.23. The number of hydrogen-bond donors (Lipinski definition) is 1. The molecule has 1 aromatic rings. The third kappa shape index (κ3) is 2.64. The summed E-state index contributed by atoms with van der Waals surface area (Å²) in [5.74, 6) is 0.000484. The zero-order valence-electron chi connectivity index (χ0n) is 9.85. The number of nitrogens with one attached hydrogen (secondary N) is 1. The van der Waals surface area contributed by atoms with Crippen molar-refractivity contribution in [2.45, 2.75) is 19.4 Å². The van der Waals surface area contributed by atoms with E-state index in [-0.39, 0.29) is 11.9 Å². The van der Waals surface area contributed by atoms with Crippen LogP contribution in [0.2, 0.25) is 0 Å². The fraction of sp³-hybridized carbons (Fsp3) is 0.385. The number of para-hydroxylation sites is 1. The molecule has 1 heterocycles. The van der Waals surface area contributed by atoms with Crippen LogP contribution in [0.1, 0.15) is 23.7 Å². The largest absolute Gasteiger partial charge is 0.369 e. The number of carbonyl (C=O) groups excluding carboxylic acids is 2. The van der Waals surface area contributed by atoms with Gasteiger partial charge in [-0.1, -0.05) is 12.1 Å². The minimum Gasteiger partial charge on any atom is -0.369 e. The Morgan fingerprint density at radius 2 is 2.24 bits per heavy atom. The number of carbonyl (C=O) groups is 2. The lowest BCUT2D eigenvalue weighted by Gasteiger charge is -2.20. The van der Waals surface area contributed by atoms with E-state index in [2.05, 4.69) is 10.2 Å². The summed E-state index contributed by atoms with van der Waals surface area (Å²) in [5.41, 5.74) is 1.66. The Morgan fingerprint density at radius 1 is 1.47 bits per heavy atom. The molecule has 90 valence electrons. The molecule has 0 spiro atoms. The van der Waals surface area contributed by atoms with Gasteiger partial charge in [0.05, 0.1) is 0 Å². The molecule has 0 aromatic heterocycles. The summed E-state index contributed by atoms with van der Waals surface area (Å²) in [7, 11) is 0. The summed E-state index contributed by atoms with van der Waals surface area (Å²) >= 11 is 0. The average molecular weight is 232 g/mol. The molecule has 1 aromatic carbocycles. The van der Waals surface area contributed by atoms with Crippen LogP contribution in [0.25, 0.3) is 0 Å². The van der Waals surface area contributed by atoms with E-state index in [9.17, 15) is 9.59 Å². The van der Waals surface area contributed by atoms with E-state index >= 15 is 0 Å². The second-order valence-corrected chi connectivity index (χ2v) is 4.31. The molecular formula is C13H16N2O2. The lowest BCUT2D eigenvalue weighted by molar-refractivity contribution is -0.119. The van der Waals surface area contributed by atoms with Crippen molar-refractivity contribution >= 4 is 17.9 Å². The number of amides is 1. The van der Waals surface area contributed by atoms with Crippen molar-refractivity contribution in [1.29, 1.82) is 0 Å². The second kappa shape index (κ2) is 4.99. The van der Waals surface area contributed by atoms with Crippen molar-refractivity contribution in [2.75, 3.05) is 18.0 Å². The highest BCUT2D eigenvalue weighted by atomic mass is 16.1. The quantitative estimate of drug-likeness (QED) is 0.797. The Labute approximate surface area is 101 Å². The maximum Gasteiger partial charge on any atom is 0.217 e. The fourth-order valence-electron chi connectivity index (χ4n) is 2.26. The third-order valence-electron chi connectivity index (χ3n) is 3.00. The van der Waals surface area contributed by atoms with Crippen LogP contribution in [0.3, 0.4) is 0 Å². The van der Waals surface area contributed by atoms with Crippen molar-refractivity contribution in [2.24, 2.45) is 0 Å². The molecule has 17 heavy (non-hydrogen) atoms. The molecule has 1 atom stereocenters. The van der Waals surface area contributed by atoms with Gasteiger partial charge in [0, 0.05) is 37.3 Å². The van der Waals surface area contributed by atoms with Crippen molar-refractivity contribution in [3.05, 3.63) is 29.8 Å². The van der Waals surface area contributed by atoms with Crippen LogP contribution in [0, 0.1) is 0 Å². The Balaban J connectivity index is 2.09. The van der Waals surface area contributed by atoms with Gasteiger partial charge in [0.2, 0.25) is 5.91 Å². The molecule has 1 unspecified atom stereocenters. The highest BCUT2D eigenvalue weighted by Gasteiger charge is 2.24. The lowest BCUT2D eigenvalue weighted by atomic mass is 10.2. The average Bonchev–Trinajstić information content (AvgIpc) is 2.76. The van der Waals surface area contributed by atoms with Crippen molar-refractivity contribution < 1.29 is 9.59 Å². The second-order valence-electron chi connectivity index (χ2n) is 4.31. The molecule has 1 aliphatic rings. The van der Waals surface area contributed by atoms with Crippen LogP contribution in [0.15, 0.2) is 24.3 Å². The van der Waals surface area contributed by atoms with Crippen LogP contribution in [0.5, 0.6) is 0 Å². The maximum absolute atomic E-state index is 11.0. The summed E-state index contributed by atoms with van der Waals surface area (Å²) in [4.78, 5) is 24.1. The maximum atomic E-state index is 11.0. The monoisotopic (exact) mass is 232 g/mol. The van der Waals surface area contributed by atoms with Gasteiger partial charge in [-0.15, -0.1) is 0 Å². The Bertz CT molecular complexity index is 431. The van der Waals surface area contributed by atoms with Crippen LogP contribution >= 0.6 is 0 Å². The molecule has 4 nitrogen and oxygen atoms in total. The molecule has 0 radical (unpaired) electrons. The number of aldehydes is 1. The minimum absolute atomic E-state index is 0.000484. The van der Waals surface area contributed by atoms with E-state index in [1.807, 2.05) is 24.3 Å². The van der Waals surface area contributed by atoms with E-state index in [0.29, 0.717) is 5.56 Å². The van der Waals surface area contributed by atoms with E-state index in [0.717, 1.165) is 31.5 Å². The Morgan fingerprint density at radius 3 is 2.94 bits per heavy atom. The van der Waals surface area contributed by atoms with Crippen molar-refractivity contribution in [3.63, 3.8) is 0 Å². The Hall–Kier alpha value is -1.84. The summed E-state index contributed by atoms with van der Waals surface area (Å²) in [6.45, 7) is 3.17. The van der Waals surface area contributed by atoms with Gasteiger partial charge >= 0.3 is 0 Å². The first-order valence-electron chi connectivity index (χ1n) is 5.77. The predicted molar refractivity (Wildman–Crippen MR) is 66.3 cm³/mol.